The standard InChI is InChI=1S/C12H21N7O2/c1-3-21-12-16-10(18-13)15-11(17-12)19-7-5-4-6-8(19)9(20)14-2/h8H,3-7,13H2,1-2H3,(H,14,20)(H,15,16,17,18). The van der Waals surface area contributed by atoms with Gasteiger partial charge in [0.15, 0.2) is 0 Å². The van der Waals surface area contributed by atoms with Crippen LogP contribution >= 0.6 is 0 Å². The molecule has 1 atom stereocenters. The van der Waals surface area contributed by atoms with Crippen molar-refractivity contribution in [2.24, 2.45) is 5.84 Å². The van der Waals surface area contributed by atoms with E-state index in [-0.39, 0.29) is 23.9 Å². The second-order valence-electron chi connectivity index (χ2n) is 4.64. The first kappa shape index (κ1) is 15.2. The van der Waals surface area contributed by atoms with E-state index < -0.39 is 0 Å². The van der Waals surface area contributed by atoms with Gasteiger partial charge in [-0.25, -0.2) is 5.84 Å². The second-order valence-corrected chi connectivity index (χ2v) is 4.64. The molecule has 0 spiro atoms. The number of amides is 1. The van der Waals surface area contributed by atoms with E-state index in [1.807, 2.05) is 11.8 Å². The van der Waals surface area contributed by atoms with Gasteiger partial charge in [0.2, 0.25) is 17.8 Å². The van der Waals surface area contributed by atoms with Crippen LogP contribution in [-0.2, 0) is 4.79 Å². The number of likely N-dealkylation sites (N-methyl/N-ethyl adjacent to an activating group) is 1. The zero-order chi connectivity index (χ0) is 15.2. The smallest absolute Gasteiger partial charge is 0.323 e. The van der Waals surface area contributed by atoms with Gasteiger partial charge in [-0.2, -0.15) is 15.0 Å². The minimum atomic E-state index is -0.286. The third kappa shape index (κ3) is 3.48. The topological polar surface area (TPSA) is 118 Å². The predicted molar refractivity (Wildman–Crippen MR) is 77.9 cm³/mol. The summed E-state index contributed by atoms with van der Waals surface area (Å²) in [6, 6.07) is -0.0945. The number of aromatic nitrogens is 3. The molecule has 0 saturated carbocycles. The summed E-state index contributed by atoms with van der Waals surface area (Å²) in [5.41, 5.74) is 2.39. The maximum Gasteiger partial charge on any atom is 0.323 e. The number of hydrazine groups is 1. The minimum Gasteiger partial charge on any atom is -0.464 e. The van der Waals surface area contributed by atoms with Crippen LogP contribution in [0.15, 0.2) is 0 Å². The number of nitrogen functional groups attached to an aromatic ring is 1. The van der Waals surface area contributed by atoms with Crippen LogP contribution in [0.5, 0.6) is 6.01 Å². The van der Waals surface area contributed by atoms with Crippen molar-refractivity contribution in [1.82, 2.24) is 20.3 Å². The lowest BCUT2D eigenvalue weighted by atomic mass is 10.0. The van der Waals surface area contributed by atoms with Crippen LogP contribution < -0.4 is 26.2 Å². The number of ether oxygens (including phenoxy) is 1. The SMILES string of the molecule is CCOc1nc(NN)nc(N2CCCCC2C(=O)NC)n1. The molecule has 1 unspecified atom stereocenters. The van der Waals surface area contributed by atoms with Crippen molar-refractivity contribution >= 4 is 17.8 Å². The molecular formula is C12H21N7O2. The Hall–Kier alpha value is -2.16. The van der Waals surface area contributed by atoms with Gasteiger partial charge in [0, 0.05) is 13.6 Å². The monoisotopic (exact) mass is 295 g/mol. The molecule has 1 saturated heterocycles. The highest BCUT2D eigenvalue weighted by molar-refractivity contribution is 5.84. The Labute approximate surface area is 123 Å². The number of nitrogens with one attached hydrogen (secondary N) is 2. The fourth-order valence-corrected chi connectivity index (χ4v) is 2.34. The van der Waals surface area contributed by atoms with Crippen molar-refractivity contribution in [3.05, 3.63) is 0 Å². The summed E-state index contributed by atoms with van der Waals surface area (Å²) in [6.07, 6.45) is 2.75. The molecule has 1 aliphatic heterocycles. The van der Waals surface area contributed by atoms with Crippen LogP contribution in [0, 0.1) is 0 Å². The first-order chi connectivity index (χ1) is 10.2. The van der Waals surface area contributed by atoms with Gasteiger partial charge in [0.05, 0.1) is 6.61 Å². The molecule has 0 aliphatic carbocycles. The van der Waals surface area contributed by atoms with E-state index in [2.05, 4.69) is 25.7 Å². The highest BCUT2D eigenvalue weighted by Gasteiger charge is 2.30. The molecular weight excluding hydrogens is 274 g/mol. The lowest BCUT2D eigenvalue weighted by molar-refractivity contribution is -0.122. The lowest BCUT2D eigenvalue weighted by Gasteiger charge is -2.34. The number of nitrogens with two attached hydrogens (primary N) is 1. The number of nitrogens with zero attached hydrogens (tertiary/aromatic N) is 4. The molecule has 1 aromatic rings. The molecule has 0 radical (unpaired) electrons. The number of anilines is 2. The van der Waals surface area contributed by atoms with E-state index in [9.17, 15) is 4.79 Å². The van der Waals surface area contributed by atoms with Gasteiger partial charge in [-0.3, -0.25) is 10.2 Å². The molecule has 1 aliphatic rings. The minimum absolute atomic E-state index is 0.0460. The molecule has 1 fully saturated rings. The van der Waals surface area contributed by atoms with Crippen molar-refractivity contribution in [3.8, 4) is 6.01 Å². The second kappa shape index (κ2) is 7.02. The van der Waals surface area contributed by atoms with Crippen LogP contribution in [0.4, 0.5) is 11.9 Å². The fourth-order valence-electron chi connectivity index (χ4n) is 2.34. The maximum absolute atomic E-state index is 12.0. The third-order valence-electron chi connectivity index (χ3n) is 3.31. The Morgan fingerprint density at radius 1 is 1.43 bits per heavy atom. The van der Waals surface area contributed by atoms with Crippen LogP contribution in [0.25, 0.3) is 0 Å². The Balaban J connectivity index is 2.32. The van der Waals surface area contributed by atoms with E-state index in [0.717, 1.165) is 19.3 Å². The average molecular weight is 295 g/mol. The molecule has 2 heterocycles. The summed E-state index contributed by atoms with van der Waals surface area (Å²) in [5, 5.41) is 2.68. The van der Waals surface area contributed by atoms with Gasteiger partial charge in [-0.15, -0.1) is 0 Å². The molecule has 4 N–H and O–H groups in total. The van der Waals surface area contributed by atoms with E-state index in [1.165, 1.54) is 0 Å². The number of rotatable bonds is 5. The van der Waals surface area contributed by atoms with Gasteiger partial charge in [0.25, 0.3) is 0 Å². The van der Waals surface area contributed by atoms with Crippen molar-refractivity contribution in [1.29, 1.82) is 0 Å². The molecule has 1 aromatic heterocycles. The summed E-state index contributed by atoms with van der Waals surface area (Å²) in [7, 11) is 1.63. The van der Waals surface area contributed by atoms with Crippen LogP contribution in [0.2, 0.25) is 0 Å². The molecule has 0 bridgehead atoms. The van der Waals surface area contributed by atoms with Gasteiger partial charge in [0.1, 0.15) is 6.04 Å². The van der Waals surface area contributed by atoms with Crippen molar-refractivity contribution in [3.63, 3.8) is 0 Å². The Morgan fingerprint density at radius 3 is 2.90 bits per heavy atom. The highest BCUT2D eigenvalue weighted by Crippen LogP contribution is 2.24. The van der Waals surface area contributed by atoms with E-state index in [4.69, 9.17) is 10.6 Å². The van der Waals surface area contributed by atoms with Crippen LogP contribution in [0.3, 0.4) is 0 Å². The van der Waals surface area contributed by atoms with Gasteiger partial charge >= 0.3 is 6.01 Å². The highest BCUT2D eigenvalue weighted by atomic mass is 16.5. The Kier molecular flexibility index (Phi) is 5.09. The number of carbonyl (C=O) groups excluding carboxylic acids is 1. The van der Waals surface area contributed by atoms with Crippen molar-refractivity contribution in [2.75, 3.05) is 30.5 Å². The van der Waals surface area contributed by atoms with Crippen molar-refractivity contribution in [2.45, 2.75) is 32.2 Å². The number of hydrogen-bond acceptors (Lipinski definition) is 8. The molecule has 21 heavy (non-hydrogen) atoms. The lowest BCUT2D eigenvalue weighted by Crippen LogP contribution is -2.49. The largest absolute Gasteiger partial charge is 0.464 e. The van der Waals surface area contributed by atoms with Gasteiger partial charge in [-0.05, 0) is 26.2 Å². The van der Waals surface area contributed by atoms with Crippen LogP contribution in [0.1, 0.15) is 26.2 Å². The molecule has 9 heteroatoms. The quantitative estimate of drug-likeness (QED) is 0.499. The number of hydrogen-bond donors (Lipinski definition) is 3. The number of carbonyl (C=O) groups is 1. The molecule has 116 valence electrons. The summed E-state index contributed by atoms with van der Waals surface area (Å²) in [5.74, 6) is 5.94. The summed E-state index contributed by atoms with van der Waals surface area (Å²) < 4.78 is 5.32. The maximum atomic E-state index is 12.0. The van der Waals surface area contributed by atoms with Gasteiger partial charge in [-0.1, -0.05) is 0 Å². The molecule has 9 nitrogen and oxygen atoms in total. The summed E-state index contributed by atoms with van der Waals surface area (Å²) in [4.78, 5) is 26.4. The molecule has 2 rings (SSSR count). The zero-order valence-electron chi connectivity index (χ0n) is 12.3. The van der Waals surface area contributed by atoms with E-state index >= 15 is 0 Å². The Bertz CT molecular complexity index is 496. The summed E-state index contributed by atoms with van der Waals surface area (Å²) >= 11 is 0. The summed E-state index contributed by atoms with van der Waals surface area (Å²) in [6.45, 7) is 2.98. The zero-order valence-corrected chi connectivity index (χ0v) is 12.3. The van der Waals surface area contributed by atoms with E-state index in [1.54, 1.807) is 7.05 Å². The van der Waals surface area contributed by atoms with Crippen LogP contribution in [-0.4, -0.2) is 47.1 Å². The van der Waals surface area contributed by atoms with Gasteiger partial charge < -0.3 is 15.0 Å². The molecule has 0 aromatic carbocycles. The normalized spacial score (nSPS) is 18.2. The number of piperidine rings is 1. The fraction of sp³-hybridized carbons (Fsp3) is 0.667. The van der Waals surface area contributed by atoms with E-state index in [0.29, 0.717) is 19.1 Å². The Morgan fingerprint density at radius 2 is 2.24 bits per heavy atom. The first-order valence-corrected chi connectivity index (χ1v) is 7.03. The average Bonchev–Trinajstić information content (AvgIpc) is 2.54. The first-order valence-electron chi connectivity index (χ1n) is 7.03. The molecule has 1 amide bonds. The third-order valence-corrected chi connectivity index (χ3v) is 3.31. The predicted octanol–water partition coefficient (Wildman–Crippen LogP) is -0.339. The van der Waals surface area contributed by atoms with Crippen molar-refractivity contribution < 1.29 is 9.53 Å².